The van der Waals surface area contributed by atoms with Crippen molar-refractivity contribution in [2.24, 2.45) is 5.73 Å². The Kier molecular flexibility index (Phi) is 2.91. The molecule has 15 heavy (non-hydrogen) atoms. The minimum atomic E-state index is -0.181. The van der Waals surface area contributed by atoms with Gasteiger partial charge in [-0.25, -0.2) is 4.39 Å². The molecule has 1 aromatic rings. The first kappa shape index (κ1) is 10.4. The Morgan fingerprint density at radius 2 is 2.13 bits per heavy atom. The summed E-state index contributed by atoms with van der Waals surface area (Å²) in [6.07, 6.45) is 3.12. The molecule has 0 saturated heterocycles. The van der Waals surface area contributed by atoms with Gasteiger partial charge < -0.3 is 11.1 Å². The summed E-state index contributed by atoms with van der Waals surface area (Å²) < 4.78 is 13.1. The molecule has 0 radical (unpaired) electrons. The average molecular weight is 208 g/mol. The maximum Gasteiger partial charge on any atom is 0.125 e. The van der Waals surface area contributed by atoms with Crippen molar-refractivity contribution in [1.82, 2.24) is 0 Å². The molecule has 0 bridgehead atoms. The largest absolute Gasteiger partial charge is 0.382 e. The second kappa shape index (κ2) is 4.19. The van der Waals surface area contributed by atoms with Gasteiger partial charge in [-0.05, 0) is 49.9 Å². The molecule has 2 rings (SSSR count). The van der Waals surface area contributed by atoms with E-state index in [2.05, 4.69) is 5.32 Å². The summed E-state index contributed by atoms with van der Waals surface area (Å²) in [5.74, 6) is -0.181. The zero-order chi connectivity index (χ0) is 10.8. The van der Waals surface area contributed by atoms with Gasteiger partial charge in [0.25, 0.3) is 0 Å². The van der Waals surface area contributed by atoms with Crippen molar-refractivity contribution in [1.29, 1.82) is 0 Å². The van der Waals surface area contributed by atoms with Crippen LogP contribution in [0.15, 0.2) is 18.2 Å². The summed E-state index contributed by atoms with van der Waals surface area (Å²) >= 11 is 0. The molecule has 1 aromatic carbocycles. The summed E-state index contributed by atoms with van der Waals surface area (Å²) in [5.41, 5.74) is 7.64. The highest BCUT2D eigenvalue weighted by Crippen LogP contribution is 2.22. The molecule has 2 atom stereocenters. The van der Waals surface area contributed by atoms with Gasteiger partial charge in [0.05, 0.1) is 0 Å². The zero-order valence-corrected chi connectivity index (χ0v) is 8.96. The Labute approximate surface area is 89.7 Å². The van der Waals surface area contributed by atoms with Gasteiger partial charge in [0.1, 0.15) is 5.82 Å². The van der Waals surface area contributed by atoms with Gasteiger partial charge >= 0.3 is 0 Å². The lowest BCUT2D eigenvalue weighted by Crippen LogP contribution is -2.20. The number of hydrogen-bond donors (Lipinski definition) is 2. The van der Waals surface area contributed by atoms with E-state index in [1.807, 2.05) is 13.0 Å². The van der Waals surface area contributed by atoms with E-state index >= 15 is 0 Å². The highest BCUT2D eigenvalue weighted by molar-refractivity contribution is 5.47. The Balaban J connectivity index is 2.04. The van der Waals surface area contributed by atoms with Crippen LogP contribution in [0.3, 0.4) is 0 Å². The predicted molar refractivity (Wildman–Crippen MR) is 60.4 cm³/mol. The third kappa shape index (κ3) is 2.69. The van der Waals surface area contributed by atoms with Crippen LogP contribution in [-0.4, -0.2) is 12.1 Å². The van der Waals surface area contributed by atoms with Crippen LogP contribution in [0.1, 0.15) is 24.8 Å². The van der Waals surface area contributed by atoms with Gasteiger partial charge in [-0.15, -0.1) is 0 Å². The molecule has 0 amide bonds. The van der Waals surface area contributed by atoms with Crippen LogP contribution in [0.5, 0.6) is 0 Å². The minimum absolute atomic E-state index is 0.181. The molecule has 3 N–H and O–H groups in total. The standard InChI is InChI=1S/C12H17FN2/c1-8-4-9(13)6-12(5-8)15-11-3-2-10(14)7-11/h4-6,10-11,15H,2-3,7,14H2,1H3. The molecule has 82 valence electrons. The maximum absolute atomic E-state index is 13.1. The van der Waals surface area contributed by atoms with Crippen LogP contribution < -0.4 is 11.1 Å². The molecule has 2 nitrogen and oxygen atoms in total. The highest BCUT2D eigenvalue weighted by Gasteiger charge is 2.21. The van der Waals surface area contributed by atoms with E-state index in [0.29, 0.717) is 12.1 Å². The molecular weight excluding hydrogens is 191 g/mol. The molecular formula is C12H17FN2. The van der Waals surface area contributed by atoms with Crippen LogP contribution >= 0.6 is 0 Å². The van der Waals surface area contributed by atoms with E-state index in [1.54, 1.807) is 0 Å². The van der Waals surface area contributed by atoms with E-state index in [9.17, 15) is 4.39 Å². The molecule has 1 fully saturated rings. The second-order valence-corrected chi connectivity index (χ2v) is 4.43. The van der Waals surface area contributed by atoms with Crippen molar-refractivity contribution in [3.63, 3.8) is 0 Å². The molecule has 0 spiro atoms. The molecule has 1 aliphatic rings. The number of aryl methyl sites for hydroxylation is 1. The van der Waals surface area contributed by atoms with Crippen molar-refractivity contribution in [2.75, 3.05) is 5.32 Å². The van der Waals surface area contributed by atoms with Crippen LogP contribution in [-0.2, 0) is 0 Å². The Morgan fingerprint density at radius 1 is 1.33 bits per heavy atom. The number of benzene rings is 1. The van der Waals surface area contributed by atoms with Gasteiger partial charge in [0.2, 0.25) is 0 Å². The van der Waals surface area contributed by atoms with E-state index in [4.69, 9.17) is 5.73 Å². The molecule has 1 saturated carbocycles. The van der Waals surface area contributed by atoms with Crippen molar-refractivity contribution >= 4 is 5.69 Å². The fraction of sp³-hybridized carbons (Fsp3) is 0.500. The Bertz CT molecular complexity index is 331. The van der Waals surface area contributed by atoms with Crippen LogP contribution in [0.2, 0.25) is 0 Å². The lowest BCUT2D eigenvalue weighted by molar-refractivity contribution is 0.626. The molecule has 3 heteroatoms. The average Bonchev–Trinajstić information content (AvgIpc) is 2.49. The number of halogens is 1. The first-order chi connectivity index (χ1) is 7.13. The number of nitrogens with one attached hydrogen (secondary N) is 1. The van der Waals surface area contributed by atoms with Crippen LogP contribution in [0.25, 0.3) is 0 Å². The minimum Gasteiger partial charge on any atom is -0.382 e. The molecule has 0 aliphatic heterocycles. The van der Waals surface area contributed by atoms with Gasteiger partial charge in [0.15, 0.2) is 0 Å². The van der Waals surface area contributed by atoms with Crippen molar-refractivity contribution in [3.05, 3.63) is 29.6 Å². The Hall–Kier alpha value is -1.09. The van der Waals surface area contributed by atoms with E-state index in [-0.39, 0.29) is 5.82 Å². The summed E-state index contributed by atoms with van der Waals surface area (Å²) in [4.78, 5) is 0. The van der Waals surface area contributed by atoms with Crippen LogP contribution in [0, 0.1) is 12.7 Å². The third-order valence-corrected chi connectivity index (χ3v) is 2.89. The fourth-order valence-electron chi connectivity index (χ4n) is 2.20. The number of nitrogens with two attached hydrogens (primary N) is 1. The second-order valence-electron chi connectivity index (χ2n) is 4.43. The predicted octanol–water partition coefficient (Wildman–Crippen LogP) is 2.43. The molecule has 2 unspecified atom stereocenters. The van der Waals surface area contributed by atoms with Crippen molar-refractivity contribution in [3.8, 4) is 0 Å². The van der Waals surface area contributed by atoms with Gasteiger partial charge in [-0.2, -0.15) is 0 Å². The fourth-order valence-corrected chi connectivity index (χ4v) is 2.20. The molecule has 0 aromatic heterocycles. The van der Waals surface area contributed by atoms with Crippen LogP contribution in [0.4, 0.5) is 10.1 Å². The molecule has 0 heterocycles. The normalized spacial score (nSPS) is 25.5. The van der Waals surface area contributed by atoms with E-state index in [0.717, 1.165) is 30.5 Å². The maximum atomic E-state index is 13.1. The summed E-state index contributed by atoms with van der Waals surface area (Å²) in [6, 6.07) is 5.74. The lowest BCUT2D eigenvalue weighted by Gasteiger charge is -2.14. The van der Waals surface area contributed by atoms with Crippen molar-refractivity contribution in [2.45, 2.75) is 38.3 Å². The van der Waals surface area contributed by atoms with Gasteiger partial charge in [0, 0.05) is 17.8 Å². The first-order valence-corrected chi connectivity index (χ1v) is 5.43. The van der Waals surface area contributed by atoms with E-state index < -0.39 is 0 Å². The number of hydrogen-bond acceptors (Lipinski definition) is 2. The summed E-state index contributed by atoms with van der Waals surface area (Å²) in [6.45, 7) is 1.90. The number of rotatable bonds is 2. The third-order valence-electron chi connectivity index (χ3n) is 2.89. The first-order valence-electron chi connectivity index (χ1n) is 5.43. The summed E-state index contributed by atoms with van der Waals surface area (Å²) in [7, 11) is 0. The molecule has 1 aliphatic carbocycles. The number of anilines is 1. The van der Waals surface area contributed by atoms with Crippen molar-refractivity contribution < 1.29 is 4.39 Å². The SMILES string of the molecule is Cc1cc(F)cc(NC2CCC(N)C2)c1. The Morgan fingerprint density at radius 3 is 2.73 bits per heavy atom. The zero-order valence-electron chi connectivity index (χ0n) is 8.96. The van der Waals surface area contributed by atoms with Gasteiger partial charge in [-0.3, -0.25) is 0 Å². The van der Waals surface area contributed by atoms with Gasteiger partial charge in [-0.1, -0.05) is 0 Å². The smallest absolute Gasteiger partial charge is 0.125 e. The summed E-state index contributed by atoms with van der Waals surface area (Å²) in [5, 5.41) is 3.33. The monoisotopic (exact) mass is 208 g/mol. The van der Waals surface area contributed by atoms with E-state index in [1.165, 1.54) is 12.1 Å². The quantitative estimate of drug-likeness (QED) is 0.783. The highest BCUT2D eigenvalue weighted by atomic mass is 19.1. The lowest BCUT2D eigenvalue weighted by atomic mass is 10.2. The topological polar surface area (TPSA) is 38.0 Å².